The number of anilines is 1. The number of aryl methyl sites for hydroxylation is 1. The van der Waals surface area contributed by atoms with E-state index in [2.05, 4.69) is 9.71 Å². The van der Waals surface area contributed by atoms with Gasteiger partial charge in [0.05, 0.1) is 33.1 Å². The molecule has 1 saturated heterocycles. The van der Waals surface area contributed by atoms with E-state index in [0.29, 0.717) is 21.8 Å². The smallest absolute Gasteiger partial charge is 0.284 e. The molecule has 5 rings (SSSR count). The summed E-state index contributed by atoms with van der Waals surface area (Å²) in [5.41, 5.74) is 0.981. The molecule has 3 aromatic carbocycles. The van der Waals surface area contributed by atoms with E-state index in [4.69, 9.17) is 4.74 Å². The highest BCUT2D eigenvalue weighted by molar-refractivity contribution is 8.19. The molecule has 0 saturated carbocycles. The number of rotatable bonds is 5. The Morgan fingerprint density at radius 1 is 0.868 bits per heavy atom. The van der Waals surface area contributed by atoms with Crippen LogP contribution in [0.1, 0.15) is 11.1 Å². The molecule has 1 fully saturated rings. The monoisotopic (exact) mass is 569 g/mol. The van der Waals surface area contributed by atoms with Gasteiger partial charge < -0.3 is 4.74 Å². The number of carbonyl (C=O) groups is 2. The summed E-state index contributed by atoms with van der Waals surface area (Å²) in [7, 11) is -7.07. The Labute approximate surface area is 223 Å². The van der Waals surface area contributed by atoms with Gasteiger partial charge >= 0.3 is 0 Å². The maximum absolute atomic E-state index is 13.6. The van der Waals surface area contributed by atoms with Crippen molar-refractivity contribution in [3.05, 3.63) is 88.8 Å². The lowest BCUT2D eigenvalue weighted by molar-refractivity contribution is -0.116. The number of carbonyl (C=O) groups excluding carboxylic acids is 2. The number of ether oxygens (including phenoxy) is 1. The van der Waals surface area contributed by atoms with Crippen LogP contribution in [0.15, 0.2) is 91.9 Å². The Hall–Kier alpha value is -3.94. The molecular weight excluding hydrogens is 550 g/mol. The van der Waals surface area contributed by atoms with Crippen LogP contribution < -0.4 is 14.4 Å². The highest BCUT2D eigenvalue weighted by Crippen LogP contribution is 2.45. The summed E-state index contributed by atoms with van der Waals surface area (Å²) in [6.45, 7) is 1.81. The van der Waals surface area contributed by atoms with Gasteiger partial charge in [0.15, 0.2) is 5.17 Å². The molecule has 2 aliphatic heterocycles. The van der Waals surface area contributed by atoms with E-state index >= 15 is 0 Å². The van der Waals surface area contributed by atoms with Crippen LogP contribution in [-0.2, 0) is 29.6 Å². The molecule has 1 N–H and O–H groups in total. The molecule has 0 aromatic heterocycles. The van der Waals surface area contributed by atoms with Gasteiger partial charge in [-0.05, 0) is 61.2 Å². The molecule has 0 atom stereocenters. The summed E-state index contributed by atoms with van der Waals surface area (Å²) in [5.74, 6) is -1.27. The topological polar surface area (TPSA) is 139 Å². The first kappa shape index (κ1) is 25.7. The molecule has 2 heterocycles. The molecule has 2 amide bonds. The average molecular weight is 570 g/mol. The summed E-state index contributed by atoms with van der Waals surface area (Å²) < 4.78 is 62.0. The van der Waals surface area contributed by atoms with Crippen molar-refractivity contribution in [2.45, 2.75) is 16.7 Å². The second-order valence-electron chi connectivity index (χ2n) is 8.21. The van der Waals surface area contributed by atoms with Crippen molar-refractivity contribution in [1.82, 2.24) is 5.32 Å². The second-order valence-corrected chi connectivity index (χ2v) is 12.6. The van der Waals surface area contributed by atoms with Crippen molar-refractivity contribution in [3.63, 3.8) is 0 Å². The first-order valence-corrected chi connectivity index (χ1v) is 14.7. The van der Waals surface area contributed by atoms with Crippen molar-refractivity contribution in [3.8, 4) is 5.75 Å². The predicted octanol–water partition coefficient (Wildman–Crippen LogP) is 3.06. The van der Waals surface area contributed by atoms with Gasteiger partial charge in [-0.3, -0.25) is 14.9 Å². The Bertz CT molecular complexity index is 1760. The number of amides is 2. The summed E-state index contributed by atoms with van der Waals surface area (Å²) in [6, 6.07) is 17.7. The summed E-state index contributed by atoms with van der Waals surface area (Å²) in [4.78, 5) is 26.1. The van der Waals surface area contributed by atoms with Gasteiger partial charge in [-0.1, -0.05) is 35.9 Å². The van der Waals surface area contributed by atoms with Crippen LogP contribution in [0.3, 0.4) is 0 Å². The molecule has 194 valence electrons. The minimum atomic E-state index is -4.36. The van der Waals surface area contributed by atoms with E-state index in [1.54, 1.807) is 24.3 Å². The second kappa shape index (κ2) is 9.42. The average Bonchev–Trinajstić information content (AvgIpc) is 3.39. The van der Waals surface area contributed by atoms with Crippen LogP contribution >= 0.6 is 11.8 Å². The van der Waals surface area contributed by atoms with Crippen LogP contribution in [0.5, 0.6) is 5.75 Å². The van der Waals surface area contributed by atoms with Gasteiger partial charge in [-0.25, -0.2) is 8.42 Å². The number of fused-ring (bicyclic) bond motifs is 1. The Morgan fingerprint density at radius 3 is 2.16 bits per heavy atom. The van der Waals surface area contributed by atoms with Crippen molar-refractivity contribution in [2.24, 2.45) is 4.40 Å². The number of para-hydroxylation sites is 1. The largest absolute Gasteiger partial charge is 0.497 e. The first-order valence-electron chi connectivity index (χ1n) is 11.0. The van der Waals surface area contributed by atoms with Crippen molar-refractivity contribution < 1.29 is 31.2 Å². The molecule has 3 aromatic rings. The van der Waals surface area contributed by atoms with Crippen molar-refractivity contribution >= 4 is 60.1 Å². The third-order valence-corrected chi connectivity index (χ3v) is 9.86. The normalized spacial score (nSPS) is 18.6. The molecule has 0 spiro atoms. The lowest BCUT2D eigenvalue weighted by atomic mass is 10.1. The zero-order chi connectivity index (χ0) is 27.2. The highest BCUT2D eigenvalue weighted by Gasteiger charge is 2.45. The highest BCUT2D eigenvalue weighted by atomic mass is 32.2. The molecule has 0 radical (unpaired) electrons. The minimum Gasteiger partial charge on any atom is -0.497 e. The summed E-state index contributed by atoms with van der Waals surface area (Å²) in [5, 5.41) is 2.12. The van der Waals surface area contributed by atoms with Gasteiger partial charge in [0.2, 0.25) is 0 Å². The number of benzene rings is 3. The SMILES string of the molecule is COc1ccc(S(=O)(=O)N2C(=O)/C(=C3/S/C(=N/S(=O)(=O)c4ccc(C)cc4)NC3=O)c3ccccc32)cc1. The third-order valence-electron chi connectivity index (χ3n) is 5.76. The van der Waals surface area contributed by atoms with E-state index in [-0.39, 0.29) is 36.7 Å². The van der Waals surface area contributed by atoms with Crippen molar-refractivity contribution in [2.75, 3.05) is 11.4 Å². The molecule has 10 nitrogen and oxygen atoms in total. The first-order chi connectivity index (χ1) is 18.0. The lowest BCUT2D eigenvalue weighted by Gasteiger charge is -2.17. The van der Waals surface area contributed by atoms with E-state index in [1.165, 1.54) is 55.6 Å². The zero-order valence-electron chi connectivity index (χ0n) is 19.9. The van der Waals surface area contributed by atoms with Crippen molar-refractivity contribution in [1.29, 1.82) is 0 Å². The quantitative estimate of drug-likeness (QED) is 0.463. The van der Waals surface area contributed by atoms with Gasteiger partial charge in [0.1, 0.15) is 5.75 Å². The van der Waals surface area contributed by atoms with E-state index < -0.39 is 31.9 Å². The lowest BCUT2D eigenvalue weighted by Crippen LogP contribution is -2.34. The van der Waals surface area contributed by atoms with Gasteiger partial charge in [-0.2, -0.15) is 12.7 Å². The number of methoxy groups -OCH3 is 1. The maximum atomic E-state index is 13.6. The van der Waals surface area contributed by atoms with E-state index in [0.717, 1.165) is 5.56 Å². The van der Waals surface area contributed by atoms with Crippen LogP contribution in [-0.4, -0.2) is 40.9 Å². The molecule has 13 heteroatoms. The van der Waals surface area contributed by atoms with Crippen LogP contribution in [0.2, 0.25) is 0 Å². The van der Waals surface area contributed by atoms with E-state index in [9.17, 15) is 26.4 Å². The Kier molecular flexibility index (Phi) is 6.37. The molecule has 2 aliphatic rings. The van der Waals surface area contributed by atoms with Crippen LogP contribution in [0.4, 0.5) is 5.69 Å². The summed E-state index contributed by atoms with van der Waals surface area (Å²) in [6.07, 6.45) is 0. The van der Waals surface area contributed by atoms with E-state index in [1.807, 2.05) is 6.92 Å². The molecular formula is C25H19N3O7S3. The zero-order valence-corrected chi connectivity index (χ0v) is 22.4. The number of thioether (sulfide) groups is 1. The Morgan fingerprint density at radius 2 is 1.50 bits per heavy atom. The number of nitrogens with zero attached hydrogens (tertiary/aromatic N) is 2. The third kappa shape index (κ3) is 4.38. The fourth-order valence-corrected chi connectivity index (χ4v) is 7.39. The minimum absolute atomic E-state index is 0.0643. The number of nitrogens with one attached hydrogen (secondary N) is 1. The number of hydrogen-bond donors (Lipinski definition) is 1. The fourth-order valence-electron chi connectivity index (χ4n) is 3.90. The predicted molar refractivity (Wildman–Crippen MR) is 143 cm³/mol. The molecule has 38 heavy (non-hydrogen) atoms. The molecule has 0 bridgehead atoms. The van der Waals surface area contributed by atoms with Crippen LogP contribution in [0.25, 0.3) is 5.57 Å². The number of hydrogen-bond acceptors (Lipinski definition) is 8. The van der Waals surface area contributed by atoms with Gasteiger partial charge in [0, 0.05) is 5.56 Å². The van der Waals surface area contributed by atoms with Gasteiger partial charge in [-0.15, -0.1) is 4.40 Å². The number of amidine groups is 1. The van der Waals surface area contributed by atoms with Gasteiger partial charge in [0.25, 0.3) is 31.9 Å². The Balaban J connectivity index is 1.56. The summed E-state index contributed by atoms with van der Waals surface area (Å²) >= 11 is 0.652. The fraction of sp³-hybridized carbons (Fsp3) is 0.0800. The standard InChI is InChI=1S/C25H19N3O7S3/c1-15-7-11-17(12-8-15)37(31,32)27-25-26-23(29)22(36-25)21-19-5-3-4-6-20(19)28(24(21)30)38(33,34)18-13-9-16(35-2)10-14-18/h3-14H,1-2H3,(H,26,27,29)/b22-21+. The number of sulfonamides is 2. The maximum Gasteiger partial charge on any atom is 0.284 e. The molecule has 0 unspecified atom stereocenters. The van der Waals surface area contributed by atoms with Crippen LogP contribution in [0, 0.1) is 6.92 Å². The molecule has 0 aliphatic carbocycles.